The Hall–Kier alpha value is -3.19. The van der Waals surface area contributed by atoms with Crippen molar-refractivity contribution in [3.05, 3.63) is 59.6 Å². The van der Waals surface area contributed by atoms with Crippen LogP contribution in [0.15, 0.2) is 48.8 Å². The number of nitrogens with two attached hydrogens (primary N) is 1. The third-order valence-corrected chi connectivity index (χ3v) is 4.48. The first-order valence-corrected chi connectivity index (χ1v) is 9.90. The Labute approximate surface area is 178 Å². The van der Waals surface area contributed by atoms with Gasteiger partial charge in [-0.1, -0.05) is 31.4 Å². The highest BCUT2D eigenvalue weighted by Gasteiger charge is 2.14. The van der Waals surface area contributed by atoms with Gasteiger partial charge in [-0.25, -0.2) is 9.37 Å². The van der Waals surface area contributed by atoms with Crippen LogP contribution in [0.4, 0.5) is 10.1 Å². The van der Waals surface area contributed by atoms with Crippen molar-refractivity contribution in [2.75, 3.05) is 5.73 Å². The van der Waals surface area contributed by atoms with Crippen LogP contribution in [0.3, 0.4) is 0 Å². The predicted octanol–water partition coefficient (Wildman–Crippen LogP) is 5.80. The third kappa shape index (κ3) is 5.45. The zero-order chi connectivity index (χ0) is 21.5. The lowest BCUT2D eigenvalue weighted by Crippen LogP contribution is -2.09. The summed E-state index contributed by atoms with van der Waals surface area (Å²) in [4.78, 5) is 20.1. The van der Waals surface area contributed by atoms with Gasteiger partial charge in [-0.05, 0) is 36.8 Å². The van der Waals surface area contributed by atoms with Crippen LogP contribution >= 0.6 is 11.6 Å². The number of hydrogen-bond acceptors (Lipinski definition) is 6. The summed E-state index contributed by atoms with van der Waals surface area (Å²) >= 11 is 5.69. The van der Waals surface area contributed by atoms with E-state index in [1.54, 1.807) is 30.3 Å². The lowest BCUT2D eigenvalue weighted by molar-refractivity contribution is -0.134. The van der Waals surface area contributed by atoms with E-state index < -0.39 is 5.82 Å². The molecule has 2 N–H and O–H groups in total. The maximum atomic E-state index is 13.8. The molecule has 0 saturated heterocycles. The molecule has 0 bridgehead atoms. The van der Waals surface area contributed by atoms with Crippen molar-refractivity contribution in [2.24, 2.45) is 0 Å². The number of rotatable bonds is 8. The molecule has 0 atom stereocenters. The van der Waals surface area contributed by atoms with Gasteiger partial charge in [-0.15, -0.1) is 0 Å². The number of hydrogen-bond donors (Lipinski definition) is 1. The summed E-state index contributed by atoms with van der Waals surface area (Å²) in [7, 11) is 0. The number of aromatic nitrogens is 2. The molecule has 0 spiro atoms. The van der Waals surface area contributed by atoms with Gasteiger partial charge in [0.05, 0.1) is 10.7 Å². The van der Waals surface area contributed by atoms with Gasteiger partial charge < -0.3 is 15.2 Å². The molecule has 30 heavy (non-hydrogen) atoms. The molecule has 0 aliphatic rings. The second kappa shape index (κ2) is 10.0. The van der Waals surface area contributed by atoms with E-state index >= 15 is 0 Å². The second-order valence-corrected chi connectivity index (χ2v) is 7.01. The Morgan fingerprint density at radius 1 is 1.17 bits per heavy atom. The Bertz CT molecular complexity index is 1030. The van der Waals surface area contributed by atoms with Crippen LogP contribution in [0.2, 0.25) is 5.02 Å². The standard InChI is InChI=1S/C22H21ClFN3O3/c1-2-3-4-5-19(28)30-18-10-11-26-21(20(18)25)14-6-8-16(9-7-14)29-22-17(24)12-15(23)13-27-22/h6-13H,2-5,25H2,1H3. The normalized spacial score (nSPS) is 10.6. The molecule has 0 unspecified atom stereocenters. The molecular formula is C22H21ClFN3O3. The van der Waals surface area contributed by atoms with Gasteiger partial charge in [0.2, 0.25) is 0 Å². The van der Waals surface area contributed by atoms with Crippen molar-refractivity contribution in [1.29, 1.82) is 0 Å². The summed E-state index contributed by atoms with van der Waals surface area (Å²) < 4.78 is 24.7. The van der Waals surface area contributed by atoms with E-state index in [0.717, 1.165) is 25.3 Å². The third-order valence-electron chi connectivity index (χ3n) is 4.27. The van der Waals surface area contributed by atoms with Gasteiger partial charge in [-0.2, -0.15) is 0 Å². The molecule has 0 radical (unpaired) electrons. The van der Waals surface area contributed by atoms with E-state index in [0.29, 0.717) is 23.4 Å². The first-order chi connectivity index (χ1) is 14.5. The second-order valence-electron chi connectivity index (χ2n) is 6.57. The topological polar surface area (TPSA) is 87.3 Å². The molecule has 0 aliphatic heterocycles. The van der Waals surface area contributed by atoms with Crippen molar-refractivity contribution in [3.8, 4) is 28.6 Å². The molecule has 6 nitrogen and oxygen atoms in total. The fourth-order valence-electron chi connectivity index (χ4n) is 2.74. The summed E-state index contributed by atoms with van der Waals surface area (Å²) in [6.07, 6.45) is 5.93. The maximum Gasteiger partial charge on any atom is 0.311 e. The molecule has 1 aromatic carbocycles. The van der Waals surface area contributed by atoms with Crippen molar-refractivity contribution < 1.29 is 18.7 Å². The van der Waals surface area contributed by atoms with E-state index in [-0.39, 0.29) is 28.3 Å². The smallest absolute Gasteiger partial charge is 0.311 e. The largest absolute Gasteiger partial charge is 0.436 e. The highest BCUT2D eigenvalue weighted by atomic mass is 35.5. The average Bonchev–Trinajstić information content (AvgIpc) is 2.72. The van der Waals surface area contributed by atoms with Crippen LogP contribution in [-0.2, 0) is 4.79 Å². The Morgan fingerprint density at radius 3 is 2.63 bits per heavy atom. The van der Waals surface area contributed by atoms with Gasteiger partial charge in [0.25, 0.3) is 5.88 Å². The Kier molecular flexibility index (Phi) is 7.19. The van der Waals surface area contributed by atoms with Crippen LogP contribution in [-0.4, -0.2) is 15.9 Å². The number of unbranched alkanes of at least 4 members (excludes halogenated alkanes) is 2. The number of halogens is 2. The number of esters is 1. The number of ether oxygens (including phenoxy) is 2. The summed E-state index contributed by atoms with van der Waals surface area (Å²) in [5.74, 6) is -0.514. The lowest BCUT2D eigenvalue weighted by atomic mass is 10.1. The predicted molar refractivity (Wildman–Crippen MR) is 113 cm³/mol. The minimum Gasteiger partial charge on any atom is -0.436 e. The SMILES string of the molecule is CCCCCC(=O)Oc1ccnc(-c2ccc(Oc3ncc(Cl)cc3F)cc2)c1N. The van der Waals surface area contributed by atoms with Crippen molar-refractivity contribution in [1.82, 2.24) is 9.97 Å². The molecule has 2 aromatic heterocycles. The monoisotopic (exact) mass is 429 g/mol. The highest BCUT2D eigenvalue weighted by molar-refractivity contribution is 6.30. The summed E-state index contributed by atoms with van der Waals surface area (Å²) in [5, 5.41) is 0.183. The first kappa shape index (κ1) is 21.5. The minimum atomic E-state index is -0.661. The summed E-state index contributed by atoms with van der Waals surface area (Å²) in [5.41, 5.74) is 7.59. The van der Waals surface area contributed by atoms with Crippen molar-refractivity contribution in [3.63, 3.8) is 0 Å². The summed E-state index contributed by atoms with van der Waals surface area (Å²) in [6, 6.07) is 9.38. The van der Waals surface area contributed by atoms with Crippen LogP contribution in [0.5, 0.6) is 17.4 Å². The molecule has 2 heterocycles. The molecular weight excluding hydrogens is 409 g/mol. The van der Waals surface area contributed by atoms with Gasteiger partial charge in [0.1, 0.15) is 11.4 Å². The number of anilines is 1. The zero-order valence-electron chi connectivity index (χ0n) is 16.4. The average molecular weight is 430 g/mol. The summed E-state index contributed by atoms with van der Waals surface area (Å²) in [6.45, 7) is 2.07. The first-order valence-electron chi connectivity index (χ1n) is 9.52. The Balaban J connectivity index is 1.73. The van der Waals surface area contributed by atoms with Gasteiger partial charge in [-0.3, -0.25) is 9.78 Å². The van der Waals surface area contributed by atoms with Crippen LogP contribution in [0.25, 0.3) is 11.3 Å². The lowest BCUT2D eigenvalue weighted by Gasteiger charge is -2.11. The number of nitrogen functional groups attached to an aromatic ring is 1. The van der Waals surface area contributed by atoms with Gasteiger partial charge in [0.15, 0.2) is 11.6 Å². The van der Waals surface area contributed by atoms with Crippen molar-refractivity contribution >= 4 is 23.3 Å². The van der Waals surface area contributed by atoms with Crippen LogP contribution < -0.4 is 15.2 Å². The molecule has 0 saturated carbocycles. The number of pyridine rings is 2. The quantitative estimate of drug-likeness (QED) is 0.360. The van der Waals surface area contributed by atoms with E-state index in [1.165, 1.54) is 12.4 Å². The minimum absolute atomic E-state index is 0.179. The molecule has 3 aromatic rings. The molecule has 0 fully saturated rings. The highest BCUT2D eigenvalue weighted by Crippen LogP contribution is 2.33. The number of carbonyl (C=O) groups is 1. The van der Waals surface area contributed by atoms with Crippen LogP contribution in [0.1, 0.15) is 32.6 Å². The molecule has 3 rings (SSSR count). The molecule has 8 heteroatoms. The fourth-order valence-corrected chi connectivity index (χ4v) is 2.88. The number of benzene rings is 1. The van der Waals surface area contributed by atoms with Crippen LogP contribution in [0, 0.1) is 5.82 Å². The molecule has 156 valence electrons. The van der Waals surface area contributed by atoms with E-state index in [2.05, 4.69) is 16.9 Å². The Morgan fingerprint density at radius 2 is 1.93 bits per heavy atom. The maximum absolute atomic E-state index is 13.8. The zero-order valence-corrected chi connectivity index (χ0v) is 17.2. The van der Waals surface area contributed by atoms with E-state index in [9.17, 15) is 9.18 Å². The molecule has 0 amide bonds. The number of nitrogens with zero attached hydrogens (tertiary/aromatic N) is 2. The van der Waals surface area contributed by atoms with Gasteiger partial charge in [0, 0.05) is 30.4 Å². The van der Waals surface area contributed by atoms with E-state index in [1.807, 2.05) is 0 Å². The van der Waals surface area contributed by atoms with Gasteiger partial charge >= 0.3 is 5.97 Å². The van der Waals surface area contributed by atoms with Crippen molar-refractivity contribution in [2.45, 2.75) is 32.6 Å². The fraction of sp³-hybridized carbons (Fsp3) is 0.227. The number of carbonyl (C=O) groups excluding carboxylic acids is 1. The van der Waals surface area contributed by atoms with E-state index in [4.69, 9.17) is 26.8 Å². The molecule has 0 aliphatic carbocycles.